The molecule has 4 heteroatoms. The number of carbonyl (C=O) groups is 1. The third-order valence-electron chi connectivity index (χ3n) is 2.55. The summed E-state index contributed by atoms with van der Waals surface area (Å²) in [6.45, 7) is 3.36. The zero-order chi connectivity index (χ0) is 13.1. The molecule has 0 saturated heterocycles. The highest BCUT2D eigenvalue weighted by atomic mass is 16.5. The van der Waals surface area contributed by atoms with Crippen LogP contribution in [-0.2, 0) is 16.8 Å². The molecule has 17 heavy (non-hydrogen) atoms. The molecule has 1 aromatic carbocycles. The summed E-state index contributed by atoms with van der Waals surface area (Å²) in [7, 11) is 1.53. The van der Waals surface area contributed by atoms with E-state index in [0.29, 0.717) is 17.7 Å². The van der Waals surface area contributed by atoms with Gasteiger partial charge in [-0.3, -0.25) is 4.79 Å². The lowest BCUT2D eigenvalue weighted by Crippen LogP contribution is -2.16. The second-order valence-electron chi connectivity index (χ2n) is 4.49. The van der Waals surface area contributed by atoms with E-state index in [1.54, 1.807) is 26.0 Å². The second-order valence-corrected chi connectivity index (χ2v) is 4.49. The van der Waals surface area contributed by atoms with Crippen molar-refractivity contribution in [3.8, 4) is 5.75 Å². The zero-order valence-corrected chi connectivity index (χ0v) is 10.4. The van der Waals surface area contributed by atoms with Gasteiger partial charge in [-0.2, -0.15) is 0 Å². The summed E-state index contributed by atoms with van der Waals surface area (Å²) in [6, 6.07) is 5.37. The molecule has 0 aliphatic heterocycles. The lowest BCUT2D eigenvalue weighted by molar-refractivity contribution is -0.136. The minimum Gasteiger partial charge on any atom is -0.496 e. The van der Waals surface area contributed by atoms with E-state index < -0.39 is 11.6 Å². The van der Waals surface area contributed by atoms with Crippen LogP contribution in [0, 0.1) is 0 Å². The summed E-state index contributed by atoms with van der Waals surface area (Å²) >= 11 is 0. The standard InChI is InChI=1S/C13H18O4/c1-13(2,16)10-6-4-9(5-7-12(14)15)8-11(10)17-3/h4,6,8,16H,5,7H2,1-3H3,(H,14,15). The van der Waals surface area contributed by atoms with E-state index in [0.717, 1.165) is 5.56 Å². The molecule has 2 N–H and O–H groups in total. The summed E-state index contributed by atoms with van der Waals surface area (Å²) in [5.41, 5.74) is 0.604. The Balaban J connectivity index is 2.96. The molecule has 0 spiro atoms. The second kappa shape index (κ2) is 5.19. The first-order valence-electron chi connectivity index (χ1n) is 5.46. The molecule has 0 saturated carbocycles. The number of carboxylic acids is 1. The van der Waals surface area contributed by atoms with Gasteiger partial charge in [-0.05, 0) is 31.9 Å². The molecule has 4 nitrogen and oxygen atoms in total. The summed E-state index contributed by atoms with van der Waals surface area (Å²) in [5.74, 6) is -0.240. The van der Waals surface area contributed by atoms with Crippen LogP contribution in [0.25, 0.3) is 0 Å². The van der Waals surface area contributed by atoms with E-state index in [-0.39, 0.29) is 6.42 Å². The van der Waals surface area contributed by atoms with E-state index in [4.69, 9.17) is 9.84 Å². The number of carboxylic acid groups (broad SMARTS) is 1. The molecular weight excluding hydrogens is 220 g/mol. The number of aliphatic hydroxyl groups is 1. The molecule has 1 aromatic rings. The van der Waals surface area contributed by atoms with Crippen molar-refractivity contribution < 1.29 is 19.7 Å². The van der Waals surface area contributed by atoms with Gasteiger partial charge in [0.2, 0.25) is 0 Å². The van der Waals surface area contributed by atoms with Crippen molar-refractivity contribution >= 4 is 5.97 Å². The molecule has 0 unspecified atom stereocenters. The fraction of sp³-hybridized carbons (Fsp3) is 0.462. The molecule has 0 fully saturated rings. The van der Waals surface area contributed by atoms with E-state index in [1.165, 1.54) is 7.11 Å². The summed E-state index contributed by atoms with van der Waals surface area (Å²) < 4.78 is 5.21. The normalized spacial score (nSPS) is 11.3. The molecule has 0 radical (unpaired) electrons. The molecule has 94 valence electrons. The van der Waals surface area contributed by atoms with Crippen molar-refractivity contribution in [1.29, 1.82) is 0 Å². The van der Waals surface area contributed by atoms with E-state index in [2.05, 4.69) is 0 Å². The van der Waals surface area contributed by atoms with Crippen molar-refractivity contribution in [3.05, 3.63) is 29.3 Å². The fourth-order valence-electron chi connectivity index (χ4n) is 1.65. The van der Waals surface area contributed by atoms with Crippen molar-refractivity contribution in [2.45, 2.75) is 32.3 Å². The summed E-state index contributed by atoms with van der Waals surface area (Å²) in [4.78, 5) is 10.5. The molecule has 0 amide bonds. The first kappa shape index (κ1) is 13.5. The van der Waals surface area contributed by atoms with Crippen LogP contribution in [0.3, 0.4) is 0 Å². The third kappa shape index (κ3) is 3.75. The van der Waals surface area contributed by atoms with Gasteiger partial charge < -0.3 is 14.9 Å². The molecule has 0 bridgehead atoms. The van der Waals surface area contributed by atoms with Gasteiger partial charge in [0.25, 0.3) is 0 Å². The molecule has 0 aliphatic carbocycles. The van der Waals surface area contributed by atoms with Crippen molar-refractivity contribution in [3.63, 3.8) is 0 Å². The average molecular weight is 238 g/mol. The number of methoxy groups -OCH3 is 1. The Morgan fingerprint density at radius 1 is 1.41 bits per heavy atom. The number of ether oxygens (including phenoxy) is 1. The maximum absolute atomic E-state index is 10.5. The Bertz CT molecular complexity index is 404. The molecule has 0 aromatic heterocycles. The van der Waals surface area contributed by atoms with Crippen LogP contribution >= 0.6 is 0 Å². The number of aliphatic carboxylic acids is 1. The average Bonchev–Trinajstić information content (AvgIpc) is 2.24. The monoisotopic (exact) mass is 238 g/mol. The van der Waals surface area contributed by atoms with Gasteiger partial charge in [-0.1, -0.05) is 12.1 Å². The maximum atomic E-state index is 10.5. The predicted octanol–water partition coefficient (Wildman–Crippen LogP) is 1.94. The Kier molecular flexibility index (Phi) is 4.12. The molecule has 0 heterocycles. The smallest absolute Gasteiger partial charge is 0.303 e. The molecule has 1 rings (SSSR count). The van der Waals surface area contributed by atoms with Crippen LogP contribution < -0.4 is 4.74 Å². The topological polar surface area (TPSA) is 66.8 Å². The molecule has 0 aliphatic rings. The fourth-order valence-corrected chi connectivity index (χ4v) is 1.65. The van der Waals surface area contributed by atoms with E-state index in [9.17, 15) is 9.90 Å². The third-order valence-corrected chi connectivity index (χ3v) is 2.55. The lowest BCUT2D eigenvalue weighted by atomic mass is 9.95. The van der Waals surface area contributed by atoms with Crippen LogP contribution in [-0.4, -0.2) is 23.3 Å². The molecule has 0 atom stereocenters. The maximum Gasteiger partial charge on any atom is 0.303 e. The highest BCUT2D eigenvalue weighted by Crippen LogP contribution is 2.30. The van der Waals surface area contributed by atoms with Gasteiger partial charge in [-0.15, -0.1) is 0 Å². The summed E-state index contributed by atoms with van der Waals surface area (Å²) in [6.07, 6.45) is 0.544. The highest BCUT2D eigenvalue weighted by Gasteiger charge is 2.20. The van der Waals surface area contributed by atoms with Gasteiger partial charge in [-0.25, -0.2) is 0 Å². The van der Waals surface area contributed by atoms with Gasteiger partial charge in [0, 0.05) is 12.0 Å². The van der Waals surface area contributed by atoms with E-state index in [1.807, 2.05) is 6.07 Å². The van der Waals surface area contributed by atoms with Crippen molar-refractivity contribution in [2.75, 3.05) is 7.11 Å². The Morgan fingerprint density at radius 3 is 2.53 bits per heavy atom. The van der Waals surface area contributed by atoms with Crippen LogP contribution in [0.4, 0.5) is 0 Å². The Morgan fingerprint density at radius 2 is 2.06 bits per heavy atom. The Labute approximate surface area is 101 Å². The number of rotatable bonds is 5. The largest absolute Gasteiger partial charge is 0.496 e. The minimum absolute atomic E-state index is 0.0883. The Hall–Kier alpha value is -1.55. The quantitative estimate of drug-likeness (QED) is 0.822. The van der Waals surface area contributed by atoms with Crippen LogP contribution in [0.15, 0.2) is 18.2 Å². The number of hydrogen-bond donors (Lipinski definition) is 2. The van der Waals surface area contributed by atoms with Gasteiger partial charge in [0.1, 0.15) is 5.75 Å². The first-order valence-corrected chi connectivity index (χ1v) is 5.46. The number of aryl methyl sites for hydroxylation is 1. The molecular formula is C13H18O4. The van der Waals surface area contributed by atoms with Crippen LogP contribution in [0.2, 0.25) is 0 Å². The van der Waals surface area contributed by atoms with Gasteiger partial charge >= 0.3 is 5.97 Å². The van der Waals surface area contributed by atoms with Gasteiger partial charge in [0.15, 0.2) is 0 Å². The van der Waals surface area contributed by atoms with E-state index >= 15 is 0 Å². The number of hydrogen-bond acceptors (Lipinski definition) is 3. The van der Waals surface area contributed by atoms with Crippen molar-refractivity contribution in [1.82, 2.24) is 0 Å². The van der Waals surface area contributed by atoms with Gasteiger partial charge in [0.05, 0.1) is 12.7 Å². The first-order chi connectivity index (χ1) is 7.84. The van der Waals surface area contributed by atoms with Crippen LogP contribution in [0.5, 0.6) is 5.75 Å². The SMILES string of the molecule is COc1cc(CCC(=O)O)ccc1C(C)(C)O. The summed E-state index contributed by atoms with van der Waals surface area (Å²) in [5, 5.41) is 18.5. The number of benzene rings is 1. The lowest BCUT2D eigenvalue weighted by Gasteiger charge is -2.21. The predicted molar refractivity (Wildman–Crippen MR) is 64.2 cm³/mol. The van der Waals surface area contributed by atoms with Crippen molar-refractivity contribution in [2.24, 2.45) is 0 Å². The highest BCUT2D eigenvalue weighted by molar-refractivity contribution is 5.67. The zero-order valence-electron chi connectivity index (χ0n) is 10.4. The van der Waals surface area contributed by atoms with Crippen LogP contribution in [0.1, 0.15) is 31.4 Å². The minimum atomic E-state index is -0.976.